The number of Topliss-reactive ketones (excluding diaryl/α,β-unsaturated/α-hetero) is 1. The first-order chi connectivity index (χ1) is 12.4. The molecule has 0 amide bonds. The van der Waals surface area contributed by atoms with Gasteiger partial charge in [-0.2, -0.15) is 0 Å². The van der Waals surface area contributed by atoms with Crippen molar-refractivity contribution in [1.29, 1.82) is 0 Å². The number of hydrogen-bond acceptors (Lipinski definition) is 5. The molecule has 0 aliphatic carbocycles. The number of aryl methyl sites for hydroxylation is 3. The number of carbonyl (C=O) groups is 2. The van der Waals surface area contributed by atoms with E-state index in [1.165, 1.54) is 4.88 Å². The molecule has 0 radical (unpaired) electrons. The second kappa shape index (κ2) is 7.33. The van der Waals surface area contributed by atoms with E-state index in [1.54, 1.807) is 31.3 Å². The fourth-order valence-electron chi connectivity index (χ4n) is 3.01. The predicted molar refractivity (Wildman–Crippen MR) is 100 cm³/mol. The third-order valence-electron chi connectivity index (χ3n) is 4.36. The van der Waals surface area contributed by atoms with Gasteiger partial charge in [0.25, 0.3) is 0 Å². The Bertz CT molecular complexity index is 947. The normalized spacial score (nSPS) is 10.9. The van der Waals surface area contributed by atoms with Crippen molar-refractivity contribution in [2.45, 2.75) is 34.2 Å². The molecule has 6 heteroatoms. The Morgan fingerprint density at radius 2 is 1.92 bits per heavy atom. The number of furan rings is 1. The van der Waals surface area contributed by atoms with Gasteiger partial charge in [0.05, 0.1) is 6.54 Å². The van der Waals surface area contributed by atoms with Crippen molar-refractivity contribution in [3.63, 3.8) is 0 Å². The van der Waals surface area contributed by atoms with Crippen molar-refractivity contribution in [3.05, 3.63) is 68.6 Å². The molecule has 0 aliphatic rings. The molecule has 0 aromatic carbocycles. The fraction of sp³-hybridized carbons (Fsp3) is 0.300. The molecule has 26 heavy (non-hydrogen) atoms. The van der Waals surface area contributed by atoms with Crippen molar-refractivity contribution >= 4 is 23.1 Å². The topological polar surface area (TPSA) is 61.4 Å². The molecule has 0 bridgehead atoms. The van der Waals surface area contributed by atoms with E-state index in [4.69, 9.17) is 9.15 Å². The number of hydrogen-bond donors (Lipinski definition) is 0. The van der Waals surface area contributed by atoms with Gasteiger partial charge in [-0.3, -0.25) is 4.79 Å². The standard InChI is InChI=1S/C20H21NO4S/c1-12-8-17(14(3)21(12)10-16-6-5-7-26-16)19(22)11-24-20(23)18-9-13(2)25-15(18)4/h5-9H,10-11H2,1-4H3. The summed E-state index contributed by atoms with van der Waals surface area (Å²) in [7, 11) is 0. The molecule has 3 rings (SSSR count). The molecule has 0 unspecified atom stereocenters. The van der Waals surface area contributed by atoms with E-state index < -0.39 is 5.97 Å². The van der Waals surface area contributed by atoms with Gasteiger partial charge < -0.3 is 13.7 Å². The average Bonchev–Trinajstić information content (AvgIpc) is 3.29. The van der Waals surface area contributed by atoms with E-state index in [9.17, 15) is 9.59 Å². The van der Waals surface area contributed by atoms with Crippen molar-refractivity contribution in [2.75, 3.05) is 6.61 Å². The predicted octanol–water partition coefficient (Wildman–Crippen LogP) is 4.46. The average molecular weight is 371 g/mol. The molecule has 0 aliphatic heterocycles. The largest absolute Gasteiger partial charge is 0.466 e. The van der Waals surface area contributed by atoms with E-state index in [1.807, 2.05) is 31.4 Å². The lowest BCUT2D eigenvalue weighted by atomic mass is 10.1. The van der Waals surface area contributed by atoms with Crippen LogP contribution >= 0.6 is 11.3 Å². The highest BCUT2D eigenvalue weighted by atomic mass is 32.1. The number of ether oxygens (including phenoxy) is 1. The van der Waals surface area contributed by atoms with Gasteiger partial charge in [0.2, 0.25) is 5.78 Å². The van der Waals surface area contributed by atoms with Gasteiger partial charge in [-0.15, -0.1) is 11.3 Å². The molecule has 3 heterocycles. The van der Waals surface area contributed by atoms with Crippen molar-refractivity contribution in [1.82, 2.24) is 4.57 Å². The Morgan fingerprint density at radius 1 is 1.15 bits per heavy atom. The molecule has 136 valence electrons. The molecule has 0 N–H and O–H groups in total. The molecular formula is C20H21NO4S. The van der Waals surface area contributed by atoms with Crippen LogP contribution in [-0.4, -0.2) is 22.9 Å². The minimum atomic E-state index is -0.542. The monoisotopic (exact) mass is 371 g/mol. The number of thiophene rings is 1. The van der Waals surface area contributed by atoms with Gasteiger partial charge in [-0.25, -0.2) is 4.79 Å². The highest BCUT2D eigenvalue weighted by Gasteiger charge is 2.20. The number of rotatable bonds is 6. The third-order valence-corrected chi connectivity index (χ3v) is 5.22. The summed E-state index contributed by atoms with van der Waals surface area (Å²) in [4.78, 5) is 25.9. The fourth-order valence-corrected chi connectivity index (χ4v) is 3.70. The maximum atomic E-state index is 12.5. The van der Waals surface area contributed by atoms with E-state index in [0.29, 0.717) is 22.6 Å². The smallest absolute Gasteiger partial charge is 0.342 e. The number of carbonyl (C=O) groups excluding carboxylic acids is 2. The van der Waals surface area contributed by atoms with Crippen molar-refractivity contribution in [2.24, 2.45) is 0 Å². The maximum Gasteiger partial charge on any atom is 0.342 e. The van der Waals surface area contributed by atoms with Crippen LogP contribution in [0.5, 0.6) is 0 Å². The molecule has 0 fully saturated rings. The summed E-state index contributed by atoms with van der Waals surface area (Å²) < 4.78 is 12.6. The lowest BCUT2D eigenvalue weighted by Gasteiger charge is -2.08. The third kappa shape index (κ3) is 3.65. The molecule has 0 saturated heterocycles. The van der Waals surface area contributed by atoms with Crippen LogP contribution in [0.4, 0.5) is 0 Å². The van der Waals surface area contributed by atoms with Crippen LogP contribution in [-0.2, 0) is 11.3 Å². The second-order valence-corrected chi connectivity index (χ2v) is 7.31. The molecular weight excluding hydrogens is 350 g/mol. The number of nitrogens with zero attached hydrogens (tertiary/aromatic N) is 1. The zero-order valence-electron chi connectivity index (χ0n) is 15.3. The summed E-state index contributed by atoms with van der Waals surface area (Å²) in [5.74, 6) is 0.383. The van der Waals surface area contributed by atoms with Gasteiger partial charge in [0.1, 0.15) is 17.1 Å². The Morgan fingerprint density at radius 3 is 2.54 bits per heavy atom. The van der Waals surface area contributed by atoms with Gasteiger partial charge in [0, 0.05) is 21.8 Å². The quantitative estimate of drug-likeness (QED) is 0.474. The van der Waals surface area contributed by atoms with Gasteiger partial charge in [0.15, 0.2) is 6.61 Å². The van der Waals surface area contributed by atoms with E-state index >= 15 is 0 Å². The van der Waals surface area contributed by atoms with Crippen molar-refractivity contribution < 1.29 is 18.7 Å². The Kier molecular flexibility index (Phi) is 5.13. The summed E-state index contributed by atoms with van der Waals surface area (Å²) >= 11 is 1.68. The summed E-state index contributed by atoms with van der Waals surface area (Å²) in [6, 6.07) is 7.56. The first kappa shape index (κ1) is 18.2. The van der Waals surface area contributed by atoms with Crippen LogP contribution < -0.4 is 0 Å². The Hall–Kier alpha value is -2.60. The molecule has 3 aromatic rings. The highest BCUT2D eigenvalue weighted by Crippen LogP contribution is 2.20. The van der Waals surface area contributed by atoms with Gasteiger partial charge in [-0.1, -0.05) is 6.07 Å². The van der Waals surface area contributed by atoms with Crippen LogP contribution in [0.1, 0.15) is 48.5 Å². The molecule has 3 aromatic heterocycles. The van der Waals surface area contributed by atoms with Crippen LogP contribution in [0.15, 0.2) is 34.1 Å². The Balaban J connectivity index is 1.70. The summed E-state index contributed by atoms with van der Waals surface area (Å²) in [6.45, 7) is 7.79. The first-order valence-corrected chi connectivity index (χ1v) is 9.21. The molecule has 0 atom stereocenters. The highest BCUT2D eigenvalue weighted by molar-refractivity contribution is 7.09. The van der Waals surface area contributed by atoms with Crippen LogP contribution in [0, 0.1) is 27.7 Å². The van der Waals surface area contributed by atoms with E-state index in [2.05, 4.69) is 10.6 Å². The molecule has 0 saturated carbocycles. The van der Waals surface area contributed by atoms with Crippen LogP contribution in [0.2, 0.25) is 0 Å². The number of aromatic nitrogens is 1. The van der Waals surface area contributed by atoms with Gasteiger partial charge in [-0.05, 0) is 51.3 Å². The number of ketones is 1. The second-order valence-electron chi connectivity index (χ2n) is 6.28. The minimum absolute atomic E-state index is 0.207. The molecule has 5 nitrogen and oxygen atoms in total. The lowest BCUT2D eigenvalue weighted by molar-refractivity contribution is 0.0472. The molecule has 0 spiro atoms. The zero-order chi connectivity index (χ0) is 18.8. The van der Waals surface area contributed by atoms with Crippen LogP contribution in [0.3, 0.4) is 0 Å². The summed E-state index contributed by atoms with van der Waals surface area (Å²) in [5, 5.41) is 2.04. The van der Waals surface area contributed by atoms with Crippen molar-refractivity contribution in [3.8, 4) is 0 Å². The Labute approximate surface area is 156 Å². The summed E-state index contributed by atoms with van der Waals surface area (Å²) in [5.41, 5.74) is 2.84. The van der Waals surface area contributed by atoms with Gasteiger partial charge >= 0.3 is 5.97 Å². The lowest BCUT2D eigenvalue weighted by Crippen LogP contribution is -2.15. The first-order valence-electron chi connectivity index (χ1n) is 8.33. The SMILES string of the molecule is Cc1cc(C(=O)OCC(=O)c2cc(C)n(Cc3cccs3)c2C)c(C)o1. The summed E-state index contributed by atoms with van der Waals surface area (Å²) in [6.07, 6.45) is 0. The number of esters is 1. The van der Waals surface area contributed by atoms with E-state index in [-0.39, 0.29) is 12.4 Å². The zero-order valence-corrected chi connectivity index (χ0v) is 16.1. The van der Waals surface area contributed by atoms with E-state index in [0.717, 1.165) is 17.9 Å². The maximum absolute atomic E-state index is 12.5. The van der Waals surface area contributed by atoms with Crippen LogP contribution in [0.25, 0.3) is 0 Å². The minimum Gasteiger partial charge on any atom is -0.466 e.